The third-order valence-corrected chi connectivity index (χ3v) is 10.5. The molecule has 8 nitrogen and oxygen atoms in total. The van der Waals surface area contributed by atoms with Crippen molar-refractivity contribution in [2.24, 2.45) is 11.8 Å². The third kappa shape index (κ3) is 6.04. The quantitative estimate of drug-likeness (QED) is 0.288. The fourth-order valence-corrected chi connectivity index (χ4v) is 8.28. The number of alkyl halides is 3. The van der Waals surface area contributed by atoms with Gasteiger partial charge in [-0.2, -0.15) is 18.3 Å². The van der Waals surface area contributed by atoms with Gasteiger partial charge in [0.2, 0.25) is 10.0 Å². The van der Waals surface area contributed by atoms with Gasteiger partial charge in [-0.3, -0.25) is 5.10 Å². The summed E-state index contributed by atoms with van der Waals surface area (Å²) in [6.07, 6.45) is 6.00. The number of hydrogen-bond donors (Lipinski definition) is 1. The molecular weight excluding hydrogens is 555 g/mol. The maximum Gasteiger partial charge on any atom is 0.416 e. The molecular formula is C29H32F3N5O3S. The molecule has 41 heavy (non-hydrogen) atoms. The number of pyridine rings is 1. The Morgan fingerprint density at radius 1 is 0.976 bits per heavy atom. The van der Waals surface area contributed by atoms with Crippen molar-refractivity contribution in [3.05, 3.63) is 60.0 Å². The molecule has 0 radical (unpaired) electrons. The number of fused-ring (bicyclic) bond motifs is 3. The Kier molecular flexibility index (Phi) is 7.62. The molecule has 4 aromatic rings. The van der Waals surface area contributed by atoms with Gasteiger partial charge < -0.3 is 4.74 Å². The minimum absolute atomic E-state index is 0.00875. The first-order valence-corrected chi connectivity index (χ1v) is 15.6. The summed E-state index contributed by atoms with van der Waals surface area (Å²) in [5.74, 6) is 0.881. The highest BCUT2D eigenvalue weighted by Crippen LogP contribution is 2.41. The molecule has 1 N–H and O–H groups in total. The van der Waals surface area contributed by atoms with Crippen LogP contribution in [-0.2, 0) is 16.2 Å². The molecule has 3 aromatic heterocycles. The van der Waals surface area contributed by atoms with Crippen LogP contribution in [0, 0.1) is 11.8 Å². The number of ether oxygens (including phenoxy) is 1. The van der Waals surface area contributed by atoms with E-state index >= 15 is 0 Å². The Balaban J connectivity index is 1.04. The standard InChI is InChI=1S/C29H32F3N5O3S/c30-29(31,32)22-7-9-23(10-8-22)40-17-20-2-1-13-37(16-20)41(38,39)18-19-3-5-21(6-4-19)25-14-33-28-27(25)24-11-12-35-36-26(24)15-34-28/h7-12,14-15,19-21,36H,1-6,13,16-18H2. The average Bonchev–Trinajstić information content (AvgIpc) is 3.41. The minimum atomic E-state index is -4.39. The molecule has 1 aliphatic carbocycles. The van der Waals surface area contributed by atoms with Crippen LogP contribution in [0.3, 0.4) is 0 Å². The molecule has 1 saturated heterocycles. The van der Waals surface area contributed by atoms with Gasteiger partial charge in [0.1, 0.15) is 5.75 Å². The second-order valence-electron chi connectivity index (χ2n) is 11.2. The predicted molar refractivity (Wildman–Crippen MR) is 149 cm³/mol. The second-order valence-corrected chi connectivity index (χ2v) is 13.3. The van der Waals surface area contributed by atoms with E-state index in [0.29, 0.717) is 24.8 Å². The van der Waals surface area contributed by atoms with E-state index in [0.717, 1.165) is 72.6 Å². The second kappa shape index (κ2) is 11.2. The van der Waals surface area contributed by atoms with E-state index in [4.69, 9.17) is 4.74 Å². The topological polar surface area (TPSA) is 101 Å². The molecule has 2 aliphatic rings. The largest absolute Gasteiger partial charge is 0.493 e. The maximum absolute atomic E-state index is 13.4. The van der Waals surface area contributed by atoms with E-state index in [1.807, 2.05) is 12.3 Å². The molecule has 1 aromatic carbocycles. The summed E-state index contributed by atoms with van der Waals surface area (Å²) in [4.78, 5) is 9.01. The summed E-state index contributed by atoms with van der Waals surface area (Å²) in [5.41, 5.74) is 2.03. The van der Waals surface area contributed by atoms with E-state index in [-0.39, 0.29) is 24.2 Å². The highest BCUT2D eigenvalue weighted by atomic mass is 32.2. The number of hydrogen-bond acceptors (Lipinski definition) is 6. The van der Waals surface area contributed by atoms with Crippen LogP contribution in [-0.4, -0.2) is 58.3 Å². The van der Waals surface area contributed by atoms with E-state index in [9.17, 15) is 21.6 Å². The predicted octanol–water partition coefficient (Wildman–Crippen LogP) is 5.92. The molecule has 0 bridgehead atoms. The van der Waals surface area contributed by atoms with Crippen molar-refractivity contribution in [1.29, 1.82) is 0 Å². The number of rotatable bonds is 7. The summed E-state index contributed by atoms with van der Waals surface area (Å²) in [6, 6.07) is 6.57. The van der Waals surface area contributed by atoms with Crippen molar-refractivity contribution in [1.82, 2.24) is 24.5 Å². The molecule has 1 aliphatic heterocycles. The summed E-state index contributed by atoms with van der Waals surface area (Å²) in [6.45, 7) is 1.13. The molecule has 0 spiro atoms. The van der Waals surface area contributed by atoms with Crippen molar-refractivity contribution >= 4 is 32.0 Å². The molecule has 1 saturated carbocycles. The Hall–Kier alpha value is -3.25. The number of piperidine rings is 1. The summed E-state index contributed by atoms with van der Waals surface area (Å²) in [7, 11) is -3.44. The number of H-pyrrole nitrogens is 1. The lowest BCUT2D eigenvalue weighted by molar-refractivity contribution is -0.137. The lowest BCUT2D eigenvalue weighted by Gasteiger charge is -2.34. The first kappa shape index (κ1) is 27.9. The van der Waals surface area contributed by atoms with Crippen LogP contribution in [0.15, 0.2) is 48.9 Å². The number of benzene rings is 1. The van der Waals surface area contributed by atoms with Crippen LogP contribution in [0.25, 0.3) is 21.9 Å². The highest BCUT2D eigenvalue weighted by Gasteiger charge is 2.34. The zero-order chi connectivity index (χ0) is 28.6. The van der Waals surface area contributed by atoms with Crippen molar-refractivity contribution in [2.75, 3.05) is 25.4 Å². The molecule has 218 valence electrons. The lowest BCUT2D eigenvalue weighted by Crippen LogP contribution is -2.43. The van der Waals surface area contributed by atoms with Gasteiger partial charge in [0.25, 0.3) is 0 Å². The Labute approximate surface area is 236 Å². The molecule has 6 rings (SSSR count). The summed E-state index contributed by atoms with van der Waals surface area (Å²) < 4.78 is 72.5. The van der Waals surface area contributed by atoms with Gasteiger partial charge in [-0.05, 0) is 86.3 Å². The van der Waals surface area contributed by atoms with Gasteiger partial charge in [0.15, 0.2) is 5.65 Å². The average molecular weight is 588 g/mol. The van der Waals surface area contributed by atoms with Crippen molar-refractivity contribution in [2.45, 2.75) is 50.6 Å². The van der Waals surface area contributed by atoms with Crippen molar-refractivity contribution in [3.8, 4) is 5.75 Å². The fourth-order valence-electron chi connectivity index (χ4n) is 6.30. The van der Waals surface area contributed by atoms with E-state index < -0.39 is 21.8 Å². The van der Waals surface area contributed by atoms with Crippen LogP contribution in [0.1, 0.15) is 55.6 Å². The first-order valence-electron chi connectivity index (χ1n) is 14.0. The summed E-state index contributed by atoms with van der Waals surface area (Å²) in [5, 5.41) is 9.17. The smallest absolute Gasteiger partial charge is 0.416 e. The molecule has 2 fully saturated rings. The minimum Gasteiger partial charge on any atom is -0.493 e. The van der Waals surface area contributed by atoms with Crippen LogP contribution in [0.2, 0.25) is 0 Å². The monoisotopic (exact) mass is 587 g/mol. The van der Waals surface area contributed by atoms with Crippen LogP contribution in [0.5, 0.6) is 5.75 Å². The van der Waals surface area contributed by atoms with Gasteiger partial charge in [-0.1, -0.05) is 0 Å². The number of aromatic nitrogens is 4. The van der Waals surface area contributed by atoms with E-state index in [1.54, 1.807) is 16.7 Å². The molecule has 1 unspecified atom stereocenters. The molecule has 4 heterocycles. The van der Waals surface area contributed by atoms with Gasteiger partial charge in [0, 0.05) is 42.2 Å². The van der Waals surface area contributed by atoms with Crippen molar-refractivity contribution in [3.63, 3.8) is 0 Å². The Morgan fingerprint density at radius 2 is 1.73 bits per heavy atom. The van der Waals surface area contributed by atoms with E-state index in [2.05, 4.69) is 20.2 Å². The SMILES string of the molecule is O=S(=O)(CC1CCC(c2cnc3ncc4[nH]nccc4c23)CC1)N1CCCC(COc2ccc(C(F)(F)F)cc2)C1. The van der Waals surface area contributed by atoms with Crippen LogP contribution >= 0.6 is 0 Å². The normalized spacial score (nSPS) is 22.8. The van der Waals surface area contributed by atoms with Crippen LogP contribution in [0.4, 0.5) is 13.2 Å². The number of aromatic amines is 1. The zero-order valence-electron chi connectivity index (χ0n) is 22.5. The van der Waals surface area contributed by atoms with Gasteiger partial charge >= 0.3 is 6.18 Å². The molecule has 1 atom stereocenters. The van der Waals surface area contributed by atoms with E-state index in [1.165, 1.54) is 17.7 Å². The highest BCUT2D eigenvalue weighted by molar-refractivity contribution is 7.89. The molecule has 0 amide bonds. The number of nitrogens with zero attached hydrogens (tertiary/aromatic N) is 4. The number of sulfonamides is 1. The number of halogens is 3. The van der Waals surface area contributed by atoms with Gasteiger partial charge in [-0.15, -0.1) is 0 Å². The third-order valence-electron chi connectivity index (χ3n) is 8.49. The Morgan fingerprint density at radius 3 is 2.49 bits per heavy atom. The van der Waals surface area contributed by atoms with Crippen LogP contribution < -0.4 is 4.74 Å². The first-order chi connectivity index (χ1) is 19.7. The Bertz CT molecular complexity index is 1620. The fraction of sp³-hybridized carbons (Fsp3) is 0.483. The maximum atomic E-state index is 13.4. The van der Waals surface area contributed by atoms with Gasteiger partial charge in [-0.25, -0.2) is 22.7 Å². The van der Waals surface area contributed by atoms with Gasteiger partial charge in [0.05, 0.1) is 29.6 Å². The summed E-state index contributed by atoms with van der Waals surface area (Å²) >= 11 is 0. The number of nitrogens with one attached hydrogen (secondary N) is 1. The lowest BCUT2D eigenvalue weighted by atomic mass is 9.79. The zero-order valence-corrected chi connectivity index (χ0v) is 23.3. The molecule has 12 heteroatoms. The van der Waals surface area contributed by atoms with Crippen molar-refractivity contribution < 1.29 is 26.3 Å².